The van der Waals surface area contributed by atoms with Gasteiger partial charge in [0, 0.05) is 18.3 Å². The maximum atomic E-state index is 14.7. The molecule has 0 unspecified atom stereocenters. The van der Waals surface area contributed by atoms with Gasteiger partial charge in [0.05, 0.1) is 36.3 Å². The molecule has 0 bridgehead atoms. The number of carboxylic acid groups (broad SMARTS) is 1. The van der Waals surface area contributed by atoms with Crippen LogP contribution in [0.4, 0.5) is 10.2 Å². The number of ether oxygens (including phenoxy) is 1. The highest BCUT2D eigenvalue weighted by Gasteiger charge is 2.26. The van der Waals surface area contributed by atoms with Crippen LogP contribution in [-0.2, 0) is 4.79 Å². The predicted octanol–water partition coefficient (Wildman–Crippen LogP) is 3.89. The fourth-order valence-electron chi connectivity index (χ4n) is 4.05. The van der Waals surface area contributed by atoms with Crippen molar-refractivity contribution in [3.63, 3.8) is 0 Å². The van der Waals surface area contributed by atoms with Gasteiger partial charge < -0.3 is 20.5 Å². The minimum atomic E-state index is -0.765. The first-order chi connectivity index (χ1) is 15.8. The maximum Gasteiger partial charge on any atom is 0.306 e. The van der Waals surface area contributed by atoms with Crippen LogP contribution in [0.1, 0.15) is 60.1 Å². The first-order valence-electron chi connectivity index (χ1n) is 10.8. The molecule has 3 rings (SSSR count). The molecule has 1 heterocycles. The van der Waals surface area contributed by atoms with E-state index in [1.807, 2.05) is 0 Å². The van der Waals surface area contributed by atoms with Crippen LogP contribution in [0.2, 0.25) is 0 Å². The number of aromatic nitrogens is 1. The number of amides is 1. The number of nitrogens with one attached hydrogen (secondary N) is 2. The number of carbonyl (C=O) groups is 2. The van der Waals surface area contributed by atoms with E-state index < -0.39 is 23.7 Å². The fourth-order valence-corrected chi connectivity index (χ4v) is 4.05. The Hall–Kier alpha value is -3.67. The van der Waals surface area contributed by atoms with Crippen molar-refractivity contribution in [2.45, 2.75) is 38.6 Å². The van der Waals surface area contributed by atoms with Crippen molar-refractivity contribution in [2.75, 3.05) is 19.0 Å². The molecule has 0 aliphatic heterocycles. The number of aliphatic carboxylic acids is 1. The lowest BCUT2D eigenvalue weighted by atomic mass is 9.82. The van der Waals surface area contributed by atoms with Crippen molar-refractivity contribution < 1.29 is 23.8 Å². The summed E-state index contributed by atoms with van der Waals surface area (Å²) < 4.78 is 20.0. The lowest BCUT2D eigenvalue weighted by Crippen LogP contribution is -2.32. The number of halogens is 1. The molecule has 33 heavy (non-hydrogen) atoms. The molecule has 2 aromatic rings. The first-order valence-corrected chi connectivity index (χ1v) is 10.8. The van der Waals surface area contributed by atoms with Gasteiger partial charge in [0.2, 0.25) is 0 Å². The Kier molecular flexibility index (Phi) is 7.83. The molecule has 1 amide bonds. The van der Waals surface area contributed by atoms with E-state index in [9.17, 15) is 14.0 Å². The normalized spacial score (nSPS) is 18.6. The summed E-state index contributed by atoms with van der Waals surface area (Å²) in [6.45, 7) is 2.21. The van der Waals surface area contributed by atoms with E-state index in [1.165, 1.54) is 13.3 Å². The summed E-state index contributed by atoms with van der Waals surface area (Å²) in [4.78, 5) is 27.6. The number of rotatable bonds is 8. The number of anilines is 1. The molecule has 1 aliphatic carbocycles. The molecule has 3 N–H and O–H groups in total. The number of hydrogen-bond donors (Lipinski definition) is 3. The zero-order valence-corrected chi connectivity index (χ0v) is 18.6. The second-order valence-corrected chi connectivity index (χ2v) is 8.25. The van der Waals surface area contributed by atoms with Crippen LogP contribution in [0.3, 0.4) is 0 Å². The fraction of sp³-hybridized carbons (Fsp3) is 0.417. The summed E-state index contributed by atoms with van der Waals surface area (Å²) in [7, 11) is 1.52. The minimum absolute atomic E-state index is 0.0181. The van der Waals surface area contributed by atoms with E-state index in [1.54, 1.807) is 25.1 Å². The van der Waals surface area contributed by atoms with E-state index in [4.69, 9.17) is 15.1 Å². The largest absolute Gasteiger partial charge is 0.496 e. The number of carbonyl (C=O) groups excluding carboxylic acids is 1. The van der Waals surface area contributed by atoms with Gasteiger partial charge in [0.15, 0.2) is 11.6 Å². The third kappa shape index (κ3) is 5.98. The highest BCUT2D eigenvalue weighted by molar-refractivity contribution is 5.94. The minimum Gasteiger partial charge on any atom is -0.496 e. The number of methoxy groups -OCH3 is 1. The SMILES string of the molecule is COc1ccc(C#N)cc1[C@H](C)Nc1ncc(C(=O)NCC2CCC(C(=O)O)CC2)cc1F. The Morgan fingerprint density at radius 3 is 2.64 bits per heavy atom. The smallest absolute Gasteiger partial charge is 0.306 e. The molecular weight excluding hydrogens is 427 g/mol. The summed E-state index contributed by atoms with van der Waals surface area (Å²) in [6.07, 6.45) is 3.99. The Labute approximate surface area is 191 Å². The van der Waals surface area contributed by atoms with Crippen LogP contribution in [0.25, 0.3) is 0 Å². The predicted molar refractivity (Wildman–Crippen MR) is 119 cm³/mol. The molecule has 1 atom stereocenters. The summed E-state index contributed by atoms with van der Waals surface area (Å²) in [5.74, 6) is -1.42. The quantitative estimate of drug-likeness (QED) is 0.553. The summed E-state index contributed by atoms with van der Waals surface area (Å²) in [5.41, 5.74) is 1.24. The van der Waals surface area contributed by atoms with E-state index in [0.29, 0.717) is 36.3 Å². The van der Waals surface area contributed by atoms with Gasteiger partial charge in [-0.25, -0.2) is 9.37 Å². The molecule has 174 valence electrons. The summed E-state index contributed by atoms with van der Waals surface area (Å²) in [6, 6.07) is 7.77. The number of carboxylic acids is 1. The second kappa shape index (κ2) is 10.8. The number of nitriles is 1. The lowest BCUT2D eigenvalue weighted by Gasteiger charge is -2.26. The van der Waals surface area contributed by atoms with Crippen LogP contribution < -0.4 is 15.4 Å². The van der Waals surface area contributed by atoms with E-state index in [-0.39, 0.29) is 23.2 Å². The standard InChI is InChI=1S/C24H27FN4O4/c1-14(19-9-16(11-26)5-8-21(19)33-2)29-22-20(25)10-18(13-27-22)23(30)28-12-15-3-6-17(7-4-15)24(31)32/h5,8-10,13-15,17H,3-4,6-7,12H2,1-2H3,(H,27,29)(H,28,30)(H,31,32)/t14-,15?,17?/m0/s1. The van der Waals surface area contributed by atoms with Crippen LogP contribution in [0.15, 0.2) is 30.5 Å². The van der Waals surface area contributed by atoms with E-state index >= 15 is 0 Å². The maximum absolute atomic E-state index is 14.7. The third-order valence-corrected chi connectivity index (χ3v) is 6.03. The summed E-state index contributed by atoms with van der Waals surface area (Å²) >= 11 is 0. The topological polar surface area (TPSA) is 124 Å². The lowest BCUT2D eigenvalue weighted by molar-refractivity contribution is -0.143. The van der Waals surface area contributed by atoms with E-state index in [0.717, 1.165) is 18.9 Å². The van der Waals surface area contributed by atoms with Crippen LogP contribution in [0, 0.1) is 29.0 Å². The number of hydrogen-bond acceptors (Lipinski definition) is 6. The molecule has 1 fully saturated rings. The third-order valence-electron chi connectivity index (χ3n) is 6.03. The van der Waals surface area contributed by atoms with Crippen molar-refractivity contribution in [1.29, 1.82) is 5.26 Å². The Balaban J connectivity index is 1.60. The molecule has 1 aromatic carbocycles. The van der Waals surface area contributed by atoms with E-state index in [2.05, 4.69) is 21.7 Å². The number of nitrogens with zero attached hydrogens (tertiary/aromatic N) is 2. The zero-order chi connectivity index (χ0) is 24.0. The van der Waals surface area contributed by atoms with Gasteiger partial charge in [-0.1, -0.05) is 0 Å². The highest BCUT2D eigenvalue weighted by atomic mass is 19.1. The van der Waals surface area contributed by atoms with Crippen molar-refractivity contribution in [3.05, 3.63) is 53.0 Å². The molecule has 1 saturated carbocycles. The van der Waals surface area contributed by atoms with Crippen LogP contribution in [0.5, 0.6) is 5.75 Å². The van der Waals surface area contributed by atoms with Crippen molar-refractivity contribution in [1.82, 2.24) is 10.3 Å². The molecule has 0 radical (unpaired) electrons. The molecule has 1 aliphatic rings. The first kappa shape index (κ1) is 24.0. The van der Waals surface area contributed by atoms with Gasteiger partial charge in [-0.2, -0.15) is 5.26 Å². The monoisotopic (exact) mass is 454 g/mol. The second-order valence-electron chi connectivity index (χ2n) is 8.25. The van der Waals surface area contributed by atoms with Gasteiger partial charge in [-0.3, -0.25) is 9.59 Å². The highest BCUT2D eigenvalue weighted by Crippen LogP contribution is 2.30. The van der Waals surface area contributed by atoms with Crippen molar-refractivity contribution >= 4 is 17.7 Å². The van der Waals surface area contributed by atoms with Crippen molar-refractivity contribution in [3.8, 4) is 11.8 Å². The number of pyridine rings is 1. The average molecular weight is 455 g/mol. The van der Waals surface area contributed by atoms with Gasteiger partial charge in [0.25, 0.3) is 5.91 Å². The Morgan fingerprint density at radius 1 is 1.30 bits per heavy atom. The zero-order valence-electron chi connectivity index (χ0n) is 18.6. The van der Waals surface area contributed by atoms with Gasteiger partial charge in [0.1, 0.15) is 5.75 Å². The number of benzene rings is 1. The average Bonchev–Trinajstić information content (AvgIpc) is 2.83. The van der Waals surface area contributed by atoms with Crippen LogP contribution >= 0.6 is 0 Å². The Morgan fingerprint density at radius 2 is 2.03 bits per heavy atom. The van der Waals surface area contributed by atoms with Crippen LogP contribution in [-0.4, -0.2) is 35.6 Å². The molecule has 0 saturated heterocycles. The van der Waals surface area contributed by atoms with Gasteiger partial charge in [-0.05, 0) is 62.8 Å². The molecular formula is C24H27FN4O4. The summed E-state index contributed by atoms with van der Waals surface area (Å²) in [5, 5.41) is 24.0. The molecule has 1 aromatic heterocycles. The van der Waals surface area contributed by atoms with Crippen molar-refractivity contribution in [2.24, 2.45) is 11.8 Å². The van der Waals surface area contributed by atoms with Gasteiger partial charge in [-0.15, -0.1) is 0 Å². The molecule has 9 heteroatoms. The molecule has 0 spiro atoms. The Bertz CT molecular complexity index is 1060. The van der Waals surface area contributed by atoms with Gasteiger partial charge >= 0.3 is 5.97 Å². The molecule has 8 nitrogen and oxygen atoms in total.